The molecule has 1 aromatic rings. The number of nitrogens with one attached hydrogen (secondary N) is 1. The van der Waals surface area contributed by atoms with E-state index in [4.69, 9.17) is 0 Å². The summed E-state index contributed by atoms with van der Waals surface area (Å²) in [5, 5.41) is 12.6. The molecule has 21 heavy (non-hydrogen) atoms. The molecule has 3 nitrogen and oxygen atoms in total. The zero-order valence-electron chi connectivity index (χ0n) is 13.3. The number of hydrogen-bond acceptors (Lipinski definition) is 2. The van der Waals surface area contributed by atoms with Crippen molar-refractivity contribution in [3.63, 3.8) is 0 Å². The molecule has 1 fully saturated rings. The molecule has 112 valence electrons. The molecule has 0 atom stereocenters. The summed E-state index contributed by atoms with van der Waals surface area (Å²) in [5.41, 5.74) is 3.15. The van der Waals surface area contributed by atoms with Gasteiger partial charge in [0.25, 0.3) is 5.91 Å². The summed E-state index contributed by atoms with van der Waals surface area (Å²) >= 11 is 0. The summed E-state index contributed by atoms with van der Waals surface area (Å²) in [6, 6.07) is 6.42. The molecule has 0 unspecified atom stereocenters. The molecule has 0 saturated heterocycles. The standard InChI is InChI=1S/C18H24N2O/c1-13-10-14(2)16(15(3)11-13)17(21)20-18(12-19)8-6-4-5-7-9-18/h10-11H,4-9H2,1-3H3,(H,20,21). The summed E-state index contributed by atoms with van der Waals surface area (Å²) in [7, 11) is 0. The van der Waals surface area contributed by atoms with Crippen LogP contribution in [0.25, 0.3) is 0 Å². The molecular weight excluding hydrogens is 260 g/mol. The van der Waals surface area contributed by atoms with Crippen molar-refractivity contribution in [3.05, 3.63) is 34.4 Å². The Morgan fingerprint density at radius 1 is 1.10 bits per heavy atom. The summed E-state index contributed by atoms with van der Waals surface area (Å²) in [6.07, 6.45) is 5.86. The number of rotatable bonds is 2. The molecule has 1 aliphatic carbocycles. The summed E-state index contributed by atoms with van der Waals surface area (Å²) in [4.78, 5) is 12.7. The van der Waals surface area contributed by atoms with Gasteiger partial charge < -0.3 is 5.32 Å². The van der Waals surface area contributed by atoms with Crippen LogP contribution in [-0.2, 0) is 0 Å². The number of amides is 1. The van der Waals surface area contributed by atoms with Gasteiger partial charge in [0.15, 0.2) is 0 Å². The highest BCUT2D eigenvalue weighted by Crippen LogP contribution is 2.27. The van der Waals surface area contributed by atoms with Crippen LogP contribution in [0.15, 0.2) is 12.1 Å². The van der Waals surface area contributed by atoms with Gasteiger partial charge >= 0.3 is 0 Å². The summed E-state index contributed by atoms with van der Waals surface area (Å²) in [6.45, 7) is 5.95. The van der Waals surface area contributed by atoms with Crippen LogP contribution >= 0.6 is 0 Å². The minimum atomic E-state index is -0.683. The van der Waals surface area contributed by atoms with Crippen LogP contribution in [0.2, 0.25) is 0 Å². The van der Waals surface area contributed by atoms with E-state index < -0.39 is 5.54 Å². The van der Waals surface area contributed by atoms with E-state index in [1.807, 2.05) is 32.9 Å². The third-order valence-electron chi connectivity index (χ3n) is 4.43. The van der Waals surface area contributed by atoms with Crippen LogP contribution in [-0.4, -0.2) is 11.4 Å². The number of nitrogens with zero attached hydrogens (tertiary/aromatic N) is 1. The van der Waals surface area contributed by atoms with Crippen LogP contribution in [0, 0.1) is 32.1 Å². The van der Waals surface area contributed by atoms with Crippen molar-refractivity contribution in [2.45, 2.75) is 64.8 Å². The van der Waals surface area contributed by atoms with Crippen molar-refractivity contribution in [2.75, 3.05) is 0 Å². The fraction of sp³-hybridized carbons (Fsp3) is 0.556. The van der Waals surface area contributed by atoms with Gasteiger partial charge in [-0.05, 0) is 44.7 Å². The Morgan fingerprint density at radius 2 is 1.62 bits per heavy atom. The van der Waals surface area contributed by atoms with Crippen LogP contribution in [0.1, 0.15) is 65.6 Å². The maximum atomic E-state index is 12.7. The second kappa shape index (κ2) is 6.30. The lowest BCUT2D eigenvalue weighted by Gasteiger charge is -2.27. The lowest BCUT2D eigenvalue weighted by atomic mass is 9.90. The van der Waals surface area contributed by atoms with E-state index in [-0.39, 0.29) is 5.91 Å². The molecule has 0 aromatic heterocycles. The molecule has 1 aromatic carbocycles. The first-order chi connectivity index (χ1) is 9.97. The van der Waals surface area contributed by atoms with Crippen molar-refractivity contribution in [1.82, 2.24) is 5.32 Å². The molecular formula is C18H24N2O. The van der Waals surface area contributed by atoms with Gasteiger partial charge in [0.1, 0.15) is 5.54 Å². The average Bonchev–Trinajstić information content (AvgIpc) is 2.63. The Hall–Kier alpha value is -1.82. The Labute approximate surface area is 127 Å². The van der Waals surface area contributed by atoms with Gasteiger partial charge in [-0.3, -0.25) is 4.79 Å². The Balaban J connectivity index is 2.26. The van der Waals surface area contributed by atoms with E-state index >= 15 is 0 Å². The molecule has 0 heterocycles. The second-order valence-corrected chi connectivity index (χ2v) is 6.34. The Kier molecular flexibility index (Phi) is 4.67. The highest BCUT2D eigenvalue weighted by Gasteiger charge is 2.33. The van der Waals surface area contributed by atoms with Gasteiger partial charge in [0, 0.05) is 5.56 Å². The Bertz CT molecular complexity index is 552. The summed E-state index contributed by atoms with van der Waals surface area (Å²) < 4.78 is 0. The van der Waals surface area contributed by atoms with Crippen molar-refractivity contribution >= 4 is 5.91 Å². The van der Waals surface area contributed by atoms with Gasteiger partial charge in [-0.2, -0.15) is 5.26 Å². The molecule has 0 radical (unpaired) electrons. The van der Waals surface area contributed by atoms with Gasteiger partial charge in [-0.15, -0.1) is 0 Å². The van der Waals surface area contributed by atoms with Crippen LogP contribution in [0.3, 0.4) is 0 Å². The van der Waals surface area contributed by atoms with Crippen LogP contribution < -0.4 is 5.32 Å². The molecule has 0 bridgehead atoms. The van der Waals surface area contributed by atoms with Gasteiger partial charge in [0.2, 0.25) is 0 Å². The third kappa shape index (κ3) is 3.44. The first-order valence-corrected chi connectivity index (χ1v) is 7.79. The number of carbonyl (C=O) groups excluding carboxylic acids is 1. The lowest BCUT2D eigenvalue weighted by molar-refractivity contribution is 0.0911. The molecule has 1 saturated carbocycles. The second-order valence-electron chi connectivity index (χ2n) is 6.34. The fourth-order valence-electron chi connectivity index (χ4n) is 3.41. The highest BCUT2D eigenvalue weighted by atomic mass is 16.1. The minimum Gasteiger partial charge on any atom is -0.334 e. The maximum absolute atomic E-state index is 12.7. The third-order valence-corrected chi connectivity index (χ3v) is 4.43. The van der Waals surface area contributed by atoms with E-state index in [1.54, 1.807) is 0 Å². The minimum absolute atomic E-state index is 0.103. The zero-order valence-corrected chi connectivity index (χ0v) is 13.3. The van der Waals surface area contributed by atoms with E-state index in [2.05, 4.69) is 11.4 Å². The van der Waals surface area contributed by atoms with Crippen LogP contribution in [0.4, 0.5) is 0 Å². The van der Waals surface area contributed by atoms with Gasteiger partial charge in [0.05, 0.1) is 6.07 Å². The molecule has 1 aliphatic rings. The number of benzene rings is 1. The predicted octanol–water partition coefficient (Wildman–Crippen LogP) is 3.96. The normalized spacial score (nSPS) is 17.6. The summed E-state index contributed by atoms with van der Waals surface area (Å²) in [5.74, 6) is -0.103. The first kappa shape index (κ1) is 15.6. The fourth-order valence-corrected chi connectivity index (χ4v) is 3.41. The van der Waals surface area contributed by atoms with Gasteiger partial charge in [-0.25, -0.2) is 0 Å². The molecule has 0 spiro atoms. The van der Waals surface area contributed by atoms with Crippen molar-refractivity contribution in [2.24, 2.45) is 0 Å². The Morgan fingerprint density at radius 3 is 2.10 bits per heavy atom. The van der Waals surface area contributed by atoms with E-state index in [1.165, 1.54) is 0 Å². The quantitative estimate of drug-likeness (QED) is 0.836. The van der Waals surface area contributed by atoms with E-state index in [9.17, 15) is 10.1 Å². The topological polar surface area (TPSA) is 52.9 Å². The zero-order chi connectivity index (χ0) is 15.5. The largest absolute Gasteiger partial charge is 0.334 e. The number of hydrogen-bond donors (Lipinski definition) is 1. The molecule has 1 N–H and O–H groups in total. The molecule has 2 rings (SSSR count). The van der Waals surface area contributed by atoms with Crippen molar-refractivity contribution in [1.29, 1.82) is 5.26 Å². The highest BCUT2D eigenvalue weighted by molar-refractivity contribution is 5.97. The van der Waals surface area contributed by atoms with E-state index in [0.717, 1.165) is 60.8 Å². The van der Waals surface area contributed by atoms with Crippen molar-refractivity contribution in [3.8, 4) is 6.07 Å². The predicted molar refractivity (Wildman–Crippen MR) is 84.2 cm³/mol. The lowest BCUT2D eigenvalue weighted by Crippen LogP contribution is -2.47. The number of nitriles is 1. The SMILES string of the molecule is Cc1cc(C)c(C(=O)NC2(C#N)CCCCCC2)c(C)c1. The maximum Gasteiger partial charge on any atom is 0.253 e. The average molecular weight is 284 g/mol. The number of aryl methyl sites for hydroxylation is 3. The van der Waals surface area contributed by atoms with Crippen LogP contribution in [0.5, 0.6) is 0 Å². The van der Waals surface area contributed by atoms with Gasteiger partial charge in [-0.1, -0.05) is 43.4 Å². The molecule has 0 aliphatic heterocycles. The smallest absolute Gasteiger partial charge is 0.253 e. The molecule has 1 amide bonds. The molecule has 3 heteroatoms. The first-order valence-electron chi connectivity index (χ1n) is 7.79. The monoisotopic (exact) mass is 284 g/mol. The number of carbonyl (C=O) groups is 1. The van der Waals surface area contributed by atoms with E-state index in [0.29, 0.717) is 0 Å². The van der Waals surface area contributed by atoms with Crippen molar-refractivity contribution < 1.29 is 4.79 Å².